The van der Waals surface area contributed by atoms with Gasteiger partial charge in [-0.2, -0.15) is 0 Å². The fourth-order valence-electron chi connectivity index (χ4n) is 4.12. The number of halogens is 1. The molecule has 1 saturated heterocycles. The molecule has 0 radical (unpaired) electrons. The number of nitrogens with zero attached hydrogens (tertiary/aromatic N) is 3. The molecule has 1 aromatic carbocycles. The molecule has 1 aromatic rings. The number of imide groups is 2. The van der Waals surface area contributed by atoms with E-state index in [4.69, 9.17) is 4.74 Å². The molecule has 32 heavy (non-hydrogen) atoms. The zero-order valence-corrected chi connectivity index (χ0v) is 18.3. The highest BCUT2D eigenvalue weighted by Gasteiger charge is 2.47. The van der Waals surface area contributed by atoms with Gasteiger partial charge in [0, 0.05) is 6.42 Å². The molecule has 2 aliphatic heterocycles. The molecule has 9 nitrogen and oxygen atoms in total. The lowest BCUT2D eigenvalue weighted by molar-refractivity contribution is -0.157. The number of carbonyl (C=O) groups excluding carboxylic acids is 5. The summed E-state index contributed by atoms with van der Waals surface area (Å²) in [4.78, 5) is 66.4. The maximum Gasteiger partial charge on any atom is 0.323 e. The predicted molar refractivity (Wildman–Crippen MR) is 110 cm³/mol. The first kappa shape index (κ1) is 23.5. The van der Waals surface area contributed by atoms with Crippen molar-refractivity contribution in [2.45, 2.75) is 45.7 Å². The second-order valence-corrected chi connectivity index (χ2v) is 7.65. The quantitative estimate of drug-likeness (QED) is 0.436. The smallest absolute Gasteiger partial charge is 0.323 e. The summed E-state index contributed by atoms with van der Waals surface area (Å²) < 4.78 is 19.3. The number of fused-ring (bicyclic) bond motifs is 1. The topological polar surface area (TPSA) is 104 Å². The van der Waals surface area contributed by atoms with Gasteiger partial charge in [0.2, 0.25) is 5.91 Å². The molecule has 0 saturated carbocycles. The van der Waals surface area contributed by atoms with Crippen LogP contribution in [0.3, 0.4) is 0 Å². The Balaban J connectivity index is 1.68. The first-order valence-corrected chi connectivity index (χ1v) is 10.6. The number of rotatable bonds is 8. The van der Waals surface area contributed by atoms with Crippen molar-refractivity contribution in [3.05, 3.63) is 35.1 Å². The highest BCUT2D eigenvalue weighted by Crippen LogP contribution is 2.30. The monoisotopic (exact) mass is 447 g/mol. The Morgan fingerprint density at radius 3 is 2.50 bits per heavy atom. The zero-order valence-electron chi connectivity index (χ0n) is 18.3. The number of likely N-dealkylation sites (N-methyl/N-ethyl adjacent to an activating group) is 1. The van der Waals surface area contributed by atoms with Crippen molar-refractivity contribution in [2.75, 3.05) is 26.2 Å². The third-order valence-electron chi connectivity index (χ3n) is 5.95. The summed E-state index contributed by atoms with van der Waals surface area (Å²) in [5.74, 6) is -4.20. The maximum atomic E-state index is 14.1. The standard InChI is InChI=1S/C22H26FN3O6/c1-4-24(5-2)13(3)22(31)32-12-11-25-17(27)10-9-16(20(25)29)26-19(28)14-7-6-8-15(23)18(14)21(26)30/h6-8,13,16H,4-5,9-12H2,1-3H3/t13-,16?/m0/s1. The molecule has 1 unspecified atom stereocenters. The molecule has 1 fully saturated rings. The zero-order chi connectivity index (χ0) is 23.6. The first-order chi connectivity index (χ1) is 15.2. The van der Waals surface area contributed by atoms with E-state index in [-0.39, 0.29) is 37.1 Å². The highest BCUT2D eigenvalue weighted by molar-refractivity contribution is 6.23. The van der Waals surface area contributed by atoms with Crippen LogP contribution in [0.4, 0.5) is 4.39 Å². The fraction of sp³-hybridized carbons (Fsp3) is 0.500. The summed E-state index contributed by atoms with van der Waals surface area (Å²) >= 11 is 0. The number of piperidine rings is 1. The van der Waals surface area contributed by atoms with Crippen LogP contribution in [-0.4, -0.2) is 82.6 Å². The summed E-state index contributed by atoms with van der Waals surface area (Å²) in [6, 6.07) is 2.02. The van der Waals surface area contributed by atoms with E-state index in [0.717, 1.165) is 15.9 Å². The van der Waals surface area contributed by atoms with E-state index in [0.29, 0.717) is 13.1 Å². The average molecular weight is 447 g/mol. The molecule has 2 aliphatic rings. The number of hydrogen-bond donors (Lipinski definition) is 0. The summed E-state index contributed by atoms with van der Waals surface area (Å²) in [5.41, 5.74) is -0.473. The van der Waals surface area contributed by atoms with Gasteiger partial charge in [-0.25, -0.2) is 4.39 Å². The molecule has 0 aliphatic carbocycles. The van der Waals surface area contributed by atoms with Crippen LogP contribution >= 0.6 is 0 Å². The third kappa shape index (κ3) is 4.14. The Hall–Kier alpha value is -3.14. The van der Waals surface area contributed by atoms with Crippen molar-refractivity contribution in [1.29, 1.82) is 0 Å². The number of ether oxygens (including phenoxy) is 1. The van der Waals surface area contributed by atoms with Crippen molar-refractivity contribution in [1.82, 2.24) is 14.7 Å². The minimum Gasteiger partial charge on any atom is -0.463 e. The van der Waals surface area contributed by atoms with E-state index in [2.05, 4.69) is 0 Å². The number of likely N-dealkylation sites (tertiary alicyclic amines) is 1. The van der Waals surface area contributed by atoms with Gasteiger partial charge in [-0.05, 0) is 38.6 Å². The Kier molecular flexibility index (Phi) is 7.02. The van der Waals surface area contributed by atoms with Crippen LogP contribution in [0.2, 0.25) is 0 Å². The van der Waals surface area contributed by atoms with Gasteiger partial charge in [-0.15, -0.1) is 0 Å². The van der Waals surface area contributed by atoms with Crippen molar-refractivity contribution in [2.24, 2.45) is 0 Å². The van der Waals surface area contributed by atoms with E-state index in [1.807, 2.05) is 18.7 Å². The lowest BCUT2D eigenvalue weighted by atomic mass is 10.0. The van der Waals surface area contributed by atoms with Gasteiger partial charge in [0.15, 0.2) is 0 Å². The number of carbonyl (C=O) groups is 5. The highest BCUT2D eigenvalue weighted by atomic mass is 19.1. The Morgan fingerprint density at radius 2 is 1.88 bits per heavy atom. The van der Waals surface area contributed by atoms with Gasteiger partial charge >= 0.3 is 5.97 Å². The van der Waals surface area contributed by atoms with Crippen LogP contribution < -0.4 is 0 Å². The van der Waals surface area contributed by atoms with Gasteiger partial charge in [0.1, 0.15) is 24.5 Å². The van der Waals surface area contributed by atoms with Crippen LogP contribution in [-0.2, 0) is 19.1 Å². The maximum absolute atomic E-state index is 14.1. The van der Waals surface area contributed by atoms with E-state index >= 15 is 0 Å². The van der Waals surface area contributed by atoms with Crippen molar-refractivity contribution < 1.29 is 33.1 Å². The van der Waals surface area contributed by atoms with Gasteiger partial charge in [0.05, 0.1) is 17.7 Å². The molecule has 4 amide bonds. The lowest BCUT2D eigenvalue weighted by Crippen LogP contribution is -2.56. The molecule has 3 rings (SSSR count). The molecule has 0 aromatic heterocycles. The van der Waals surface area contributed by atoms with Crippen LogP contribution in [0.25, 0.3) is 0 Å². The van der Waals surface area contributed by atoms with Crippen LogP contribution in [0.1, 0.15) is 54.3 Å². The first-order valence-electron chi connectivity index (χ1n) is 10.6. The Labute approximate surface area is 185 Å². The van der Waals surface area contributed by atoms with E-state index in [1.54, 1.807) is 6.92 Å². The Morgan fingerprint density at radius 1 is 1.19 bits per heavy atom. The molecular weight excluding hydrogens is 421 g/mol. The minimum atomic E-state index is -1.22. The van der Waals surface area contributed by atoms with Crippen molar-refractivity contribution in [3.8, 4) is 0 Å². The largest absolute Gasteiger partial charge is 0.463 e. The second kappa shape index (κ2) is 9.56. The molecule has 172 valence electrons. The van der Waals surface area contributed by atoms with Crippen molar-refractivity contribution >= 4 is 29.6 Å². The SMILES string of the molecule is CCN(CC)[C@@H](C)C(=O)OCCN1C(=O)CCC(N2C(=O)c3cccc(F)c3C2=O)C1=O. The molecule has 10 heteroatoms. The van der Waals surface area contributed by atoms with Crippen LogP contribution in [0.15, 0.2) is 18.2 Å². The molecule has 0 bridgehead atoms. The number of benzene rings is 1. The average Bonchev–Trinajstić information content (AvgIpc) is 3.02. The van der Waals surface area contributed by atoms with E-state index in [1.165, 1.54) is 12.1 Å². The molecule has 2 heterocycles. The summed E-state index contributed by atoms with van der Waals surface area (Å²) in [6.45, 7) is 6.49. The van der Waals surface area contributed by atoms with Gasteiger partial charge in [-0.1, -0.05) is 19.9 Å². The van der Waals surface area contributed by atoms with Gasteiger partial charge in [-0.3, -0.25) is 38.7 Å². The molecular formula is C22H26FN3O6. The summed E-state index contributed by atoms with van der Waals surface area (Å²) in [7, 11) is 0. The van der Waals surface area contributed by atoms with Gasteiger partial charge < -0.3 is 4.74 Å². The number of amides is 4. The molecule has 2 atom stereocenters. The van der Waals surface area contributed by atoms with Gasteiger partial charge in [0.25, 0.3) is 17.7 Å². The second-order valence-electron chi connectivity index (χ2n) is 7.65. The Bertz CT molecular complexity index is 961. The third-order valence-corrected chi connectivity index (χ3v) is 5.95. The van der Waals surface area contributed by atoms with E-state index in [9.17, 15) is 28.4 Å². The summed E-state index contributed by atoms with van der Waals surface area (Å²) in [6.07, 6.45) is -0.115. The lowest BCUT2D eigenvalue weighted by Gasteiger charge is -2.34. The van der Waals surface area contributed by atoms with E-state index < -0.39 is 47.5 Å². The number of hydrogen-bond acceptors (Lipinski definition) is 7. The minimum absolute atomic E-state index is 0.0416. The van der Waals surface area contributed by atoms with Crippen LogP contribution in [0.5, 0.6) is 0 Å². The normalized spacial score (nSPS) is 19.6. The van der Waals surface area contributed by atoms with Crippen molar-refractivity contribution in [3.63, 3.8) is 0 Å². The molecule has 0 spiro atoms. The fourth-order valence-corrected chi connectivity index (χ4v) is 4.12. The van der Waals surface area contributed by atoms with Crippen LogP contribution in [0, 0.1) is 5.82 Å². The predicted octanol–water partition coefficient (Wildman–Crippen LogP) is 1.21. The molecule has 0 N–H and O–H groups in total. The summed E-state index contributed by atoms with van der Waals surface area (Å²) in [5, 5.41) is 0. The number of esters is 1.